The molecule has 8 nitrogen and oxygen atoms in total. The number of nitrogens with zero attached hydrogens (tertiary/aromatic N) is 2. The first-order valence-electron chi connectivity index (χ1n) is 12.9. The van der Waals surface area contributed by atoms with Gasteiger partial charge in [-0.2, -0.15) is 0 Å². The Morgan fingerprint density at radius 3 is 2.61 bits per heavy atom. The highest BCUT2D eigenvalue weighted by molar-refractivity contribution is 7.12. The fraction of sp³-hybridized carbons (Fsp3) is 0.129. The standard InChI is InChI=1S/C31H20ClN3O5S/c32-19-11-12-23-17(15-19)10-13-25-31(21-7-1-2-8-22(21)33-30(31)38)26(27(34(23)25)29(37)24-9-4-14-41-24)28(36)18-5-3-6-20(16-18)35(39)40/h1-16,25-27H,(H,33,38)/t25-,26-,27+,31-/m1/s1. The highest BCUT2D eigenvalue weighted by Crippen LogP contribution is 2.58. The summed E-state index contributed by atoms with van der Waals surface area (Å²) in [5, 5.41) is 16.9. The number of nitro groups is 1. The minimum absolute atomic E-state index is 0.0601. The van der Waals surface area contributed by atoms with Gasteiger partial charge in [-0.25, -0.2) is 0 Å². The molecule has 1 aromatic heterocycles. The van der Waals surface area contributed by atoms with E-state index < -0.39 is 40.0 Å². The monoisotopic (exact) mass is 581 g/mol. The van der Waals surface area contributed by atoms with Crippen LogP contribution in [0.4, 0.5) is 17.1 Å². The first-order chi connectivity index (χ1) is 19.8. The zero-order valence-corrected chi connectivity index (χ0v) is 22.8. The van der Waals surface area contributed by atoms with E-state index in [2.05, 4.69) is 5.32 Å². The molecule has 4 atom stereocenters. The summed E-state index contributed by atoms with van der Waals surface area (Å²) >= 11 is 7.58. The number of benzene rings is 3. The predicted molar refractivity (Wildman–Crippen MR) is 157 cm³/mol. The summed E-state index contributed by atoms with van der Waals surface area (Å²) in [6.07, 6.45) is 3.72. The van der Waals surface area contributed by atoms with Crippen molar-refractivity contribution in [1.29, 1.82) is 0 Å². The molecule has 3 aliphatic rings. The van der Waals surface area contributed by atoms with Crippen LogP contribution >= 0.6 is 22.9 Å². The Hall–Kier alpha value is -4.60. The number of para-hydroxylation sites is 1. The van der Waals surface area contributed by atoms with Gasteiger partial charge in [0.15, 0.2) is 11.6 Å². The van der Waals surface area contributed by atoms with Gasteiger partial charge >= 0.3 is 0 Å². The van der Waals surface area contributed by atoms with Crippen molar-refractivity contribution in [3.05, 3.63) is 127 Å². The lowest BCUT2D eigenvalue weighted by Gasteiger charge is -2.37. The molecule has 7 rings (SSSR count). The lowest BCUT2D eigenvalue weighted by Crippen LogP contribution is -2.51. The van der Waals surface area contributed by atoms with Crippen LogP contribution in [0.5, 0.6) is 0 Å². The minimum atomic E-state index is -1.50. The Kier molecular flexibility index (Phi) is 5.71. The number of rotatable bonds is 5. The van der Waals surface area contributed by atoms with Crippen molar-refractivity contribution >= 4 is 63.5 Å². The van der Waals surface area contributed by atoms with E-state index in [9.17, 15) is 24.5 Å². The molecular formula is C31H20ClN3O5S. The number of fused-ring (bicyclic) bond motifs is 6. The molecule has 4 aromatic rings. The van der Waals surface area contributed by atoms with Crippen molar-refractivity contribution in [3.63, 3.8) is 0 Å². The molecule has 0 aliphatic carbocycles. The number of nitrogens with one attached hydrogen (secondary N) is 1. The van der Waals surface area contributed by atoms with Crippen LogP contribution in [0.2, 0.25) is 5.02 Å². The van der Waals surface area contributed by atoms with Crippen molar-refractivity contribution < 1.29 is 19.3 Å². The average molecular weight is 582 g/mol. The van der Waals surface area contributed by atoms with Crippen molar-refractivity contribution in [2.75, 3.05) is 10.2 Å². The van der Waals surface area contributed by atoms with Crippen molar-refractivity contribution in [2.45, 2.75) is 17.5 Å². The van der Waals surface area contributed by atoms with E-state index >= 15 is 0 Å². The van der Waals surface area contributed by atoms with Gasteiger partial charge in [-0.3, -0.25) is 24.5 Å². The van der Waals surface area contributed by atoms with Crippen LogP contribution < -0.4 is 10.2 Å². The van der Waals surface area contributed by atoms with Gasteiger partial charge in [0, 0.05) is 34.1 Å². The summed E-state index contributed by atoms with van der Waals surface area (Å²) in [4.78, 5) is 56.8. The Morgan fingerprint density at radius 2 is 1.83 bits per heavy atom. The highest BCUT2D eigenvalue weighted by Gasteiger charge is 2.70. The Morgan fingerprint density at radius 1 is 1.00 bits per heavy atom. The van der Waals surface area contributed by atoms with E-state index in [1.807, 2.05) is 23.1 Å². The summed E-state index contributed by atoms with van der Waals surface area (Å²) in [7, 11) is 0. The molecule has 0 unspecified atom stereocenters. The number of non-ortho nitro benzene ring substituents is 1. The topological polar surface area (TPSA) is 110 Å². The third-order valence-corrected chi connectivity index (χ3v) is 9.37. The molecule has 10 heteroatoms. The second kappa shape index (κ2) is 9.22. The zero-order chi connectivity index (χ0) is 28.5. The van der Waals surface area contributed by atoms with Gasteiger partial charge in [0.1, 0.15) is 11.5 Å². The van der Waals surface area contributed by atoms with Gasteiger partial charge in [-0.15, -0.1) is 11.3 Å². The maximum atomic E-state index is 14.7. The predicted octanol–water partition coefficient (Wildman–Crippen LogP) is 6.17. The second-order valence-electron chi connectivity index (χ2n) is 10.2. The first kappa shape index (κ1) is 25.4. The molecule has 4 heterocycles. The number of carbonyl (C=O) groups excluding carboxylic acids is 3. The molecule has 1 N–H and O–H groups in total. The van der Waals surface area contributed by atoms with Gasteiger partial charge in [0.2, 0.25) is 5.91 Å². The molecule has 1 spiro atoms. The van der Waals surface area contributed by atoms with E-state index in [1.54, 1.807) is 53.9 Å². The molecule has 0 saturated carbocycles. The SMILES string of the molecule is O=C(c1cccs1)[C@@H]1[C@H](C(=O)c2cccc([N+](=O)[O-])c2)[C@]2(C(=O)Nc3ccccc32)[C@H]2C=Cc3cc(Cl)ccc3N12. The van der Waals surface area contributed by atoms with Crippen LogP contribution in [0.15, 0.2) is 90.3 Å². The van der Waals surface area contributed by atoms with Gasteiger partial charge in [0.05, 0.1) is 21.8 Å². The third kappa shape index (κ3) is 3.55. The van der Waals surface area contributed by atoms with E-state index in [0.717, 1.165) is 5.56 Å². The van der Waals surface area contributed by atoms with E-state index in [4.69, 9.17) is 11.6 Å². The van der Waals surface area contributed by atoms with Crippen molar-refractivity contribution in [2.24, 2.45) is 5.92 Å². The fourth-order valence-corrected chi connectivity index (χ4v) is 7.55. The highest BCUT2D eigenvalue weighted by atomic mass is 35.5. The average Bonchev–Trinajstić information content (AvgIpc) is 3.69. The van der Waals surface area contributed by atoms with Crippen LogP contribution in [-0.2, 0) is 10.2 Å². The van der Waals surface area contributed by atoms with Gasteiger partial charge in [-0.1, -0.05) is 60.2 Å². The lowest BCUT2D eigenvalue weighted by atomic mass is 9.64. The summed E-state index contributed by atoms with van der Waals surface area (Å²) in [5.74, 6) is -2.44. The molecule has 41 heavy (non-hydrogen) atoms. The van der Waals surface area contributed by atoms with Crippen molar-refractivity contribution in [1.82, 2.24) is 0 Å². The molecule has 0 bridgehead atoms. The number of carbonyl (C=O) groups is 3. The summed E-state index contributed by atoms with van der Waals surface area (Å²) < 4.78 is 0. The van der Waals surface area contributed by atoms with Gasteiger partial charge in [-0.05, 0) is 46.8 Å². The quantitative estimate of drug-likeness (QED) is 0.172. The van der Waals surface area contributed by atoms with Crippen molar-refractivity contribution in [3.8, 4) is 0 Å². The lowest BCUT2D eigenvalue weighted by molar-refractivity contribution is -0.384. The number of ketones is 2. The minimum Gasteiger partial charge on any atom is -0.352 e. The Labute approximate surface area is 243 Å². The molecular weight excluding hydrogens is 562 g/mol. The number of hydrogen-bond acceptors (Lipinski definition) is 7. The van der Waals surface area contributed by atoms with E-state index in [0.29, 0.717) is 26.8 Å². The number of thiophene rings is 1. The number of anilines is 2. The molecule has 0 radical (unpaired) electrons. The van der Waals surface area contributed by atoms with Crippen LogP contribution in [0, 0.1) is 16.0 Å². The maximum absolute atomic E-state index is 14.7. The Balaban J connectivity index is 1.54. The maximum Gasteiger partial charge on any atom is 0.270 e. The molecule has 3 aliphatic heterocycles. The number of halogens is 1. The van der Waals surface area contributed by atoms with Crippen LogP contribution in [-0.4, -0.2) is 34.5 Å². The van der Waals surface area contributed by atoms with E-state index in [1.165, 1.54) is 35.6 Å². The molecule has 3 aromatic carbocycles. The third-order valence-electron chi connectivity index (χ3n) is 8.25. The molecule has 1 amide bonds. The summed E-state index contributed by atoms with van der Waals surface area (Å²) in [6.45, 7) is 0. The Bertz CT molecular complexity index is 1820. The molecule has 202 valence electrons. The second-order valence-corrected chi connectivity index (χ2v) is 11.6. The summed E-state index contributed by atoms with van der Waals surface area (Å²) in [6, 6.07) is 19.6. The van der Waals surface area contributed by atoms with E-state index in [-0.39, 0.29) is 17.0 Å². The number of Topliss-reactive ketones (excluding diaryl/α,β-unsaturated/α-hetero) is 2. The van der Waals surface area contributed by atoms with Crippen LogP contribution in [0.1, 0.15) is 31.2 Å². The number of hydrogen-bond donors (Lipinski definition) is 1. The normalized spacial score (nSPS) is 23.6. The van der Waals surface area contributed by atoms with Gasteiger partial charge in [0.25, 0.3) is 5.69 Å². The van der Waals surface area contributed by atoms with Crippen LogP contribution in [0.3, 0.4) is 0 Å². The fourth-order valence-electron chi connectivity index (χ4n) is 6.67. The number of nitro benzene ring substituents is 1. The smallest absolute Gasteiger partial charge is 0.270 e. The van der Waals surface area contributed by atoms with Crippen LogP contribution in [0.25, 0.3) is 6.08 Å². The zero-order valence-electron chi connectivity index (χ0n) is 21.2. The summed E-state index contributed by atoms with van der Waals surface area (Å²) in [5.41, 5.74) is 0.902. The first-order valence-corrected chi connectivity index (χ1v) is 14.1. The molecule has 1 fully saturated rings. The molecule has 1 saturated heterocycles. The van der Waals surface area contributed by atoms with Gasteiger partial charge < -0.3 is 10.2 Å². The number of amides is 1. The largest absolute Gasteiger partial charge is 0.352 e.